The zero-order valence-corrected chi connectivity index (χ0v) is 9.09. The van der Waals surface area contributed by atoms with Crippen LogP contribution in [0.4, 0.5) is 0 Å². The number of hydrogen-bond donors (Lipinski definition) is 1. The lowest BCUT2D eigenvalue weighted by molar-refractivity contribution is 0.906. The second kappa shape index (κ2) is 4.76. The van der Waals surface area contributed by atoms with Gasteiger partial charge in [0.2, 0.25) is 0 Å². The Hall–Kier alpha value is -1.88. The zero-order valence-electron chi connectivity index (χ0n) is 9.09. The van der Waals surface area contributed by atoms with Crippen molar-refractivity contribution in [1.82, 2.24) is 19.9 Å². The maximum atomic E-state index is 5.48. The summed E-state index contributed by atoms with van der Waals surface area (Å²) in [5.74, 6) is 1.09. The van der Waals surface area contributed by atoms with Crippen LogP contribution in [-0.4, -0.2) is 26.5 Å². The highest BCUT2D eigenvalue weighted by Gasteiger charge is 2.04. The molecule has 0 bridgehead atoms. The van der Waals surface area contributed by atoms with Crippen LogP contribution in [0, 0.1) is 6.92 Å². The fourth-order valence-electron chi connectivity index (χ4n) is 1.30. The molecular weight excluding hydrogens is 202 g/mol. The van der Waals surface area contributed by atoms with E-state index in [1.807, 2.05) is 13.0 Å². The molecule has 0 aromatic carbocycles. The third-order valence-corrected chi connectivity index (χ3v) is 2.09. The maximum Gasteiger partial charge on any atom is 0.197 e. The Kier molecular flexibility index (Phi) is 3.16. The van der Waals surface area contributed by atoms with E-state index in [1.165, 1.54) is 0 Å². The molecule has 16 heavy (non-hydrogen) atoms. The van der Waals surface area contributed by atoms with Gasteiger partial charge in [-0.3, -0.25) is 0 Å². The number of aryl methyl sites for hydroxylation is 1. The molecule has 0 spiro atoms. The third-order valence-electron chi connectivity index (χ3n) is 2.09. The summed E-state index contributed by atoms with van der Waals surface area (Å²) < 4.78 is 0. The Balaban J connectivity index is 2.32. The van der Waals surface area contributed by atoms with Gasteiger partial charge in [0, 0.05) is 30.7 Å². The first-order valence-electron chi connectivity index (χ1n) is 5.10. The molecule has 0 aliphatic heterocycles. The van der Waals surface area contributed by atoms with Gasteiger partial charge in [0.15, 0.2) is 11.6 Å². The smallest absolute Gasteiger partial charge is 0.197 e. The molecule has 2 rings (SSSR count). The summed E-state index contributed by atoms with van der Waals surface area (Å²) in [5.41, 5.74) is 7.41. The minimum atomic E-state index is 0.546. The monoisotopic (exact) mass is 215 g/mol. The van der Waals surface area contributed by atoms with Gasteiger partial charge in [-0.15, -0.1) is 0 Å². The van der Waals surface area contributed by atoms with Crippen molar-refractivity contribution in [2.75, 3.05) is 6.54 Å². The fourth-order valence-corrected chi connectivity index (χ4v) is 1.30. The van der Waals surface area contributed by atoms with E-state index in [4.69, 9.17) is 5.73 Å². The van der Waals surface area contributed by atoms with Gasteiger partial charge in [-0.05, 0) is 25.1 Å². The Bertz CT molecular complexity index is 466. The molecule has 0 amide bonds. The van der Waals surface area contributed by atoms with Crippen LogP contribution in [0.1, 0.15) is 11.3 Å². The van der Waals surface area contributed by atoms with E-state index >= 15 is 0 Å². The van der Waals surface area contributed by atoms with Crippen LogP contribution in [-0.2, 0) is 6.42 Å². The summed E-state index contributed by atoms with van der Waals surface area (Å²) >= 11 is 0. The maximum absolute atomic E-state index is 5.48. The topological polar surface area (TPSA) is 77.6 Å². The Morgan fingerprint density at radius 1 is 1.12 bits per heavy atom. The second-order valence-electron chi connectivity index (χ2n) is 3.49. The van der Waals surface area contributed by atoms with E-state index in [1.54, 1.807) is 18.6 Å². The van der Waals surface area contributed by atoms with E-state index in [-0.39, 0.29) is 0 Å². The SMILES string of the molecule is Cc1cnc(-c2nccc(CCN)n2)nc1. The van der Waals surface area contributed by atoms with Crippen molar-refractivity contribution in [1.29, 1.82) is 0 Å². The standard InChI is InChI=1S/C11H13N5/c1-8-6-14-10(15-7-8)11-13-5-3-9(16-11)2-4-12/h3,5-7H,2,4,12H2,1H3. The Morgan fingerprint density at radius 2 is 1.88 bits per heavy atom. The molecular formula is C11H13N5. The Labute approximate surface area is 93.8 Å². The van der Waals surface area contributed by atoms with Crippen LogP contribution >= 0.6 is 0 Å². The lowest BCUT2D eigenvalue weighted by Crippen LogP contribution is -2.06. The molecule has 0 saturated heterocycles. The summed E-state index contributed by atoms with van der Waals surface area (Å²) in [7, 11) is 0. The molecule has 2 aromatic heterocycles. The third kappa shape index (κ3) is 2.38. The largest absolute Gasteiger partial charge is 0.330 e. The molecule has 0 aliphatic carbocycles. The van der Waals surface area contributed by atoms with Crippen LogP contribution in [0.3, 0.4) is 0 Å². The molecule has 0 saturated carbocycles. The first kappa shape index (κ1) is 10.6. The van der Waals surface area contributed by atoms with Gasteiger partial charge in [-0.2, -0.15) is 0 Å². The summed E-state index contributed by atoms with van der Waals surface area (Å²) in [6.45, 7) is 2.51. The van der Waals surface area contributed by atoms with Gasteiger partial charge in [0.05, 0.1) is 0 Å². The van der Waals surface area contributed by atoms with Crippen LogP contribution < -0.4 is 5.73 Å². The minimum absolute atomic E-state index is 0.546. The molecule has 0 atom stereocenters. The van der Waals surface area contributed by atoms with E-state index in [9.17, 15) is 0 Å². The average molecular weight is 215 g/mol. The first-order chi connectivity index (χ1) is 7.79. The number of nitrogens with two attached hydrogens (primary N) is 1. The van der Waals surface area contributed by atoms with Gasteiger partial charge in [-0.1, -0.05) is 0 Å². The predicted molar refractivity (Wildman–Crippen MR) is 60.6 cm³/mol. The number of aromatic nitrogens is 4. The van der Waals surface area contributed by atoms with E-state index in [2.05, 4.69) is 19.9 Å². The number of nitrogens with zero attached hydrogens (tertiary/aromatic N) is 4. The quantitative estimate of drug-likeness (QED) is 0.817. The van der Waals surface area contributed by atoms with Crippen LogP contribution in [0.15, 0.2) is 24.7 Å². The highest BCUT2D eigenvalue weighted by Crippen LogP contribution is 2.08. The number of hydrogen-bond acceptors (Lipinski definition) is 5. The molecule has 2 N–H and O–H groups in total. The highest BCUT2D eigenvalue weighted by molar-refractivity contribution is 5.42. The molecule has 5 nitrogen and oxygen atoms in total. The van der Waals surface area contributed by atoms with E-state index in [0.29, 0.717) is 18.2 Å². The summed E-state index contributed by atoms with van der Waals surface area (Å²) in [5, 5.41) is 0. The highest BCUT2D eigenvalue weighted by atomic mass is 15.0. The molecule has 5 heteroatoms. The predicted octanol–water partition coefficient (Wildman–Crippen LogP) is 0.743. The van der Waals surface area contributed by atoms with Gasteiger partial charge in [0.25, 0.3) is 0 Å². The average Bonchev–Trinajstić information content (AvgIpc) is 2.31. The fraction of sp³-hybridized carbons (Fsp3) is 0.273. The van der Waals surface area contributed by atoms with Crippen LogP contribution in [0.2, 0.25) is 0 Å². The zero-order chi connectivity index (χ0) is 11.4. The lowest BCUT2D eigenvalue weighted by atomic mass is 10.3. The van der Waals surface area contributed by atoms with Crippen molar-refractivity contribution in [2.24, 2.45) is 5.73 Å². The normalized spacial score (nSPS) is 10.4. The van der Waals surface area contributed by atoms with Gasteiger partial charge in [0.1, 0.15) is 0 Å². The van der Waals surface area contributed by atoms with E-state index in [0.717, 1.165) is 17.7 Å². The van der Waals surface area contributed by atoms with Crippen molar-refractivity contribution < 1.29 is 0 Å². The molecule has 0 radical (unpaired) electrons. The number of rotatable bonds is 3. The molecule has 0 unspecified atom stereocenters. The van der Waals surface area contributed by atoms with Gasteiger partial charge in [-0.25, -0.2) is 19.9 Å². The molecule has 2 aromatic rings. The first-order valence-corrected chi connectivity index (χ1v) is 5.10. The van der Waals surface area contributed by atoms with E-state index < -0.39 is 0 Å². The Morgan fingerprint density at radius 3 is 2.56 bits per heavy atom. The lowest BCUT2D eigenvalue weighted by Gasteiger charge is -2.01. The molecule has 2 heterocycles. The van der Waals surface area contributed by atoms with Gasteiger partial charge >= 0.3 is 0 Å². The van der Waals surface area contributed by atoms with Gasteiger partial charge < -0.3 is 5.73 Å². The van der Waals surface area contributed by atoms with Crippen molar-refractivity contribution in [3.8, 4) is 11.6 Å². The van der Waals surface area contributed by atoms with Crippen molar-refractivity contribution >= 4 is 0 Å². The minimum Gasteiger partial charge on any atom is -0.330 e. The molecule has 82 valence electrons. The summed E-state index contributed by atoms with van der Waals surface area (Å²) in [6, 6.07) is 1.85. The van der Waals surface area contributed by atoms with Crippen LogP contribution in [0.25, 0.3) is 11.6 Å². The summed E-state index contributed by atoms with van der Waals surface area (Å²) in [6.07, 6.45) is 5.94. The van der Waals surface area contributed by atoms with Crippen molar-refractivity contribution in [2.45, 2.75) is 13.3 Å². The van der Waals surface area contributed by atoms with Crippen molar-refractivity contribution in [3.63, 3.8) is 0 Å². The van der Waals surface area contributed by atoms with Crippen LogP contribution in [0.5, 0.6) is 0 Å². The van der Waals surface area contributed by atoms with Crippen molar-refractivity contribution in [3.05, 3.63) is 35.9 Å². The molecule has 0 aliphatic rings. The second-order valence-corrected chi connectivity index (χ2v) is 3.49. The molecule has 0 fully saturated rings. The summed E-state index contributed by atoms with van der Waals surface area (Å²) in [4.78, 5) is 16.9.